The number of likely N-dealkylation sites (tertiary alicyclic amines) is 1. The van der Waals surface area contributed by atoms with Crippen LogP contribution < -0.4 is 4.74 Å². The van der Waals surface area contributed by atoms with Crippen molar-refractivity contribution in [2.75, 3.05) is 13.1 Å². The number of piperidine rings is 3. The van der Waals surface area contributed by atoms with Crippen LogP contribution in [0.1, 0.15) is 57.9 Å². The molecule has 0 unspecified atom stereocenters. The molecule has 1 amide bonds. The molecule has 33 heavy (non-hydrogen) atoms. The third-order valence-corrected chi connectivity index (χ3v) is 7.19. The molecule has 0 aliphatic carbocycles. The van der Waals surface area contributed by atoms with Gasteiger partial charge in [0, 0.05) is 43.7 Å². The van der Waals surface area contributed by atoms with E-state index < -0.39 is 6.61 Å². The molecule has 3 aliphatic heterocycles. The van der Waals surface area contributed by atoms with Crippen LogP contribution in [0.25, 0.3) is 0 Å². The molecule has 2 bridgehead atoms. The topological polar surface area (TPSA) is 70.1 Å². The van der Waals surface area contributed by atoms with Gasteiger partial charge in [0.2, 0.25) is 5.91 Å². The molecule has 1 aromatic rings. The van der Waals surface area contributed by atoms with Crippen molar-refractivity contribution in [3.8, 4) is 5.75 Å². The van der Waals surface area contributed by atoms with Crippen LogP contribution in [0.2, 0.25) is 0 Å². The third-order valence-electron chi connectivity index (χ3n) is 7.19. The van der Waals surface area contributed by atoms with E-state index in [1.807, 2.05) is 12.1 Å². The van der Waals surface area contributed by atoms with Crippen molar-refractivity contribution in [2.45, 2.75) is 77.6 Å². The predicted molar refractivity (Wildman–Crippen MR) is 121 cm³/mol. The van der Waals surface area contributed by atoms with E-state index in [9.17, 15) is 13.6 Å². The molecular formula is C25H36F2N2O4. The maximum atomic E-state index is 12.9. The largest absolute Gasteiger partial charge is 0.483 e. The summed E-state index contributed by atoms with van der Waals surface area (Å²) in [4.78, 5) is 25.9. The SMILES string of the molecule is CC(C)CC[C@H]1[C@H]2C[C@H](CN(Cc3ccccc3OC(F)F)C2)[C@@H]2CCCC(=O)N21.O=CO. The van der Waals surface area contributed by atoms with Crippen molar-refractivity contribution in [3.63, 3.8) is 0 Å². The van der Waals surface area contributed by atoms with Gasteiger partial charge in [-0.3, -0.25) is 14.5 Å². The van der Waals surface area contributed by atoms with Gasteiger partial charge in [0.05, 0.1) is 0 Å². The molecule has 0 aromatic heterocycles. The number of benzene rings is 1. The van der Waals surface area contributed by atoms with Crippen LogP contribution in [-0.2, 0) is 16.1 Å². The number of hydrogen-bond acceptors (Lipinski definition) is 4. The Balaban J connectivity index is 0.000000968. The summed E-state index contributed by atoms with van der Waals surface area (Å²) in [5.41, 5.74) is 0.813. The van der Waals surface area contributed by atoms with Gasteiger partial charge in [0.15, 0.2) is 0 Å². The molecule has 3 saturated heterocycles. The quantitative estimate of drug-likeness (QED) is 0.594. The van der Waals surface area contributed by atoms with Gasteiger partial charge >= 0.3 is 6.61 Å². The number of alkyl halides is 2. The van der Waals surface area contributed by atoms with Crippen molar-refractivity contribution >= 4 is 12.4 Å². The number of carboxylic acid groups (broad SMARTS) is 1. The molecule has 0 saturated carbocycles. The van der Waals surface area contributed by atoms with Crippen LogP contribution in [-0.4, -0.2) is 59.1 Å². The number of rotatable bonds is 7. The minimum Gasteiger partial charge on any atom is -0.483 e. The van der Waals surface area contributed by atoms with E-state index in [4.69, 9.17) is 14.6 Å². The second-order valence-corrected chi connectivity index (χ2v) is 9.84. The zero-order chi connectivity index (χ0) is 24.0. The molecule has 6 nitrogen and oxygen atoms in total. The van der Waals surface area contributed by atoms with Gasteiger partial charge in [0.25, 0.3) is 6.47 Å². The van der Waals surface area contributed by atoms with Crippen molar-refractivity contribution in [3.05, 3.63) is 29.8 Å². The average molecular weight is 467 g/mol. The molecule has 3 fully saturated rings. The Morgan fingerprint density at radius 3 is 2.61 bits per heavy atom. The van der Waals surface area contributed by atoms with Crippen molar-refractivity contribution in [1.29, 1.82) is 0 Å². The third kappa shape index (κ3) is 6.43. The summed E-state index contributed by atoms with van der Waals surface area (Å²) in [6, 6.07) is 7.78. The lowest BCUT2D eigenvalue weighted by atomic mass is 9.70. The summed E-state index contributed by atoms with van der Waals surface area (Å²) in [7, 11) is 0. The van der Waals surface area contributed by atoms with Gasteiger partial charge in [-0.25, -0.2) is 0 Å². The number of carbonyl (C=O) groups excluding carboxylic acids is 1. The molecule has 1 N–H and O–H groups in total. The Bertz CT molecular complexity index is 791. The van der Waals surface area contributed by atoms with Crippen LogP contribution >= 0.6 is 0 Å². The maximum absolute atomic E-state index is 12.9. The van der Waals surface area contributed by atoms with Crippen molar-refractivity contribution < 1.29 is 28.2 Å². The van der Waals surface area contributed by atoms with Gasteiger partial charge in [-0.1, -0.05) is 32.0 Å². The normalized spacial score (nSPS) is 27.1. The number of para-hydroxylation sites is 1. The van der Waals surface area contributed by atoms with Gasteiger partial charge in [-0.15, -0.1) is 0 Å². The zero-order valence-electron chi connectivity index (χ0n) is 19.5. The summed E-state index contributed by atoms with van der Waals surface area (Å²) >= 11 is 0. The number of fused-ring (bicyclic) bond motifs is 4. The van der Waals surface area contributed by atoms with E-state index in [0.717, 1.165) is 44.3 Å². The number of nitrogens with zero attached hydrogens (tertiary/aromatic N) is 2. The number of hydrogen-bond donors (Lipinski definition) is 1. The average Bonchev–Trinajstić information content (AvgIpc) is 2.75. The summed E-state index contributed by atoms with van der Waals surface area (Å²) in [6.07, 6.45) is 6.16. The first-order valence-electron chi connectivity index (χ1n) is 12.0. The number of ether oxygens (including phenoxy) is 1. The Morgan fingerprint density at radius 2 is 1.91 bits per heavy atom. The fourth-order valence-electron chi connectivity index (χ4n) is 5.96. The lowest BCUT2D eigenvalue weighted by molar-refractivity contribution is -0.153. The van der Waals surface area contributed by atoms with Crippen LogP contribution in [0.3, 0.4) is 0 Å². The lowest BCUT2D eigenvalue weighted by Gasteiger charge is -2.57. The number of amides is 1. The van der Waals surface area contributed by atoms with Crippen molar-refractivity contribution in [1.82, 2.24) is 9.80 Å². The van der Waals surface area contributed by atoms with E-state index >= 15 is 0 Å². The predicted octanol–water partition coefficient (Wildman–Crippen LogP) is 4.63. The fraction of sp³-hybridized carbons (Fsp3) is 0.680. The van der Waals surface area contributed by atoms with Crippen LogP contribution in [0, 0.1) is 17.8 Å². The lowest BCUT2D eigenvalue weighted by Crippen LogP contribution is -2.64. The summed E-state index contributed by atoms with van der Waals surface area (Å²) in [6.45, 7) is 3.88. The minimum atomic E-state index is -2.81. The molecular weight excluding hydrogens is 430 g/mol. The van der Waals surface area contributed by atoms with Crippen LogP contribution in [0.15, 0.2) is 24.3 Å². The smallest absolute Gasteiger partial charge is 0.387 e. The highest BCUT2D eigenvalue weighted by atomic mass is 19.3. The Labute approximate surface area is 194 Å². The highest BCUT2D eigenvalue weighted by Crippen LogP contribution is 2.43. The van der Waals surface area contributed by atoms with Crippen LogP contribution in [0.5, 0.6) is 5.75 Å². The molecule has 3 aliphatic rings. The summed E-state index contributed by atoms with van der Waals surface area (Å²) in [5.74, 6) is 2.18. The highest BCUT2D eigenvalue weighted by molar-refractivity contribution is 5.78. The monoisotopic (exact) mass is 466 g/mol. The summed E-state index contributed by atoms with van der Waals surface area (Å²) in [5, 5.41) is 6.89. The maximum Gasteiger partial charge on any atom is 0.387 e. The highest BCUT2D eigenvalue weighted by Gasteiger charge is 2.49. The molecule has 184 valence electrons. The number of halogens is 2. The molecule has 4 rings (SSSR count). The van der Waals surface area contributed by atoms with E-state index in [1.165, 1.54) is 6.42 Å². The molecule has 3 heterocycles. The van der Waals surface area contributed by atoms with Gasteiger partial charge in [0.1, 0.15) is 5.75 Å². The molecule has 1 aromatic carbocycles. The minimum absolute atomic E-state index is 0.250. The fourth-order valence-corrected chi connectivity index (χ4v) is 5.96. The first kappa shape index (κ1) is 25.4. The second-order valence-electron chi connectivity index (χ2n) is 9.84. The van der Waals surface area contributed by atoms with E-state index in [2.05, 4.69) is 23.6 Å². The van der Waals surface area contributed by atoms with Gasteiger partial charge in [-0.2, -0.15) is 8.78 Å². The van der Waals surface area contributed by atoms with E-state index in [0.29, 0.717) is 48.7 Å². The zero-order valence-corrected chi connectivity index (χ0v) is 19.5. The molecule has 0 radical (unpaired) electrons. The number of carbonyl (C=O) groups is 2. The standard InChI is InChI=1S/C24H34F2N2O2.CH2O2/c1-16(2)10-11-21-19-12-18(20-7-5-9-23(29)28(20)21)14-27(15-19)13-17-6-3-4-8-22(17)30-24(25)26;2-1-3/h3-4,6,8,16,18-21,24H,5,7,9-15H2,1-2H3;1H,(H,2,3)/t18-,19+,20+,21+;/m1./s1. The van der Waals surface area contributed by atoms with E-state index in [1.54, 1.807) is 12.1 Å². The van der Waals surface area contributed by atoms with Gasteiger partial charge in [-0.05, 0) is 55.9 Å². The molecule has 4 atom stereocenters. The first-order chi connectivity index (χ1) is 15.8. The summed E-state index contributed by atoms with van der Waals surface area (Å²) < 4.78 is 30.4. The van der Waals surface area contributed by atoms with E-state index in [-0.39, 0.29) is 12.2 Å². The Hall–Kier alpha value is -2.22. The molecule has 8 heteroatoms. The Kier molecular flexibility index (Phi) is 9.06. The van der Waals surface area contributed by atoms with Gasteiger partial charge < -0.3 is 14.7 Å². The first-order valence-corrected chi connectivity index (χ1v) is 12.0. The second kappa shape index (κ2) is 11.8. The Morgan fingerprint density at radius 1 is 1.21 bits per heavy atom. The molecule has 0 spiro atoms. The van der Waals surface area contributed by atoms with Crippen LogP contribution in [0.4, 0.5) is 8.78 Å². The van der Waals surface area contributed by atoms with Crippen molar-refractivity contribution in [2.24, 2.45) is 17.8 Å².